The Labute approximate surface area is 108 Å². The quantitative estimate of drug-likeness (QED) is 0.910. The van der Waals surface area contributed by atoms with E-state index in [1.54, 1.807) is 19.1 Å². The molecule has 6 nitrogen and oxygen atoms in total. The zero-order valence-electron chi connectivity index (χ0n) is 9.51. The Kier molecular flexibility index (Phi) is 3.47. The molecule has 1 aromatic heterocycles. The average molecular weight is 268 g/mol. The molecule has 1 heterocycles. The highest BCUT2D eigenvalue weighted by Gasteiger charge is 2.11. The second-order valence-corrected chi connectivity index (χ2v) is 3.94. The van der Waals surface area contributed by atoms with Gasteiger partial charge >= 0.3 is 0 Å². The molecule has 0 bridgehead atoms. The van der Waals surface area contributed by atoms with E-state index >= 15 is 0 Å². The largest absolute Gasteiger partial charge is 0.483 e. The van der Waals surface area contributed by atoms with Crippen LogP contribution >= 0.6 is 11.6 Å². The van der Waals surface area contributed by atoms with Gasteiger partial charge in [0.1, 0.15) is 5.75 Å². The van der Waals surface area contributed by atoms with Crippen LogP contribution in [0.3, 0.4) is 0 Å². The molecule has 0 saturated carbocycles. The van der Waals surface area contributed by atoms with Crippen LogP contribution in [0, 0.1) is 6.92 Å². The molecule has 0 unspecified atom stereocenters. The molecule has 0 radical (unpaired) electrons. The van der Waals surface area contributed by atoms with Crippen LogP contribution in [0.2, 0.25) is 5.02 Å². The fourth-order valence-corrected chi connectivity index (χ4v) is 1.53. The zero-order valence-corrected chi connectivity index (χ0v) is 10.3. The molecule has 0 saturated heterocycles. The van der Waals surface area contributed by atoms with Crippen molar-refractivity contribution in [3.05, 3.63) is 40.6 Å². The summed E-state index contributed by atoms with van der Waals surface area (Å²) in [5, 5.41) is 7.84. The highest BCUT2D eigenvalue weighted by molar-refractivity contribution is 6.31. The molecule has 0 spiro atoms. The molecule has 0 aliphatic carbocycles. The predicted octanol–water partition coefficient (Wildman–Crippen LogP) is 1.71. The highest BCUT2D eigenvalue weighted by atomic mass is 35.5. The minimum Gasteiger partial charge on any atom is -0.483 e. The molecule has 0 fully saturated rings. The van der Waals surface area contributed by atoms with Gasteiger partial charge in [-0.3, -0.25) is 4.79 Å². The summed E-state index contributed by atoms with van der Waals surface area (Å²) in [7, 11) is 0. The van der Waals surface area contributed by atoms with Crippen molar-refractivity contribution in [1.82, 2.24) is 10.2 Å². The van der Waals surface area contributed by atoms with Gasteiger partial charge < -0.3 is 14.9 Å². The fourth-order valence-electron chi connectivity index (χ4n) is 1.36. The van der Waals surface area contributed by atoms with Gasteiger partial charge in [-0.1, -0.05) is 11.6 Å². The molecule has 2 rings (SSSR count). The number of halogens is 1. The molecule has 7 heteroatoms. The second-order valence-electron chi connectivity index (χ2n) is 3.51. The maximum Gasteiger partial charge on any atom is 0.253 e. The average Bonchev–Trinajstić information content (AvgIpc) is 2.73. The first-order chi connectivity index (χ1) is 8.56. The summed E-state index contributed by atoms with van der Waals surface area (Å²) in [5.74, 6) is 0.467. The summed E-state index contributed by atoms with van der Waals surface area (Å²) in [6.45, 7) is 1.73. The smallest absolute Gasteiger partial charge is 0.253 e. The lowest BCUT2D eigenvalue weighted by molar-refractivity contribution is 0.0995. The lowest BCUT2D eigenvalue weighted by atomic mass is 10.2. The van der Waals surface area contributed by atoms with Gasteiger partial charge in [-0.15, -0.1) is 10.2 Å². The van der Waals surface area contributed by atoms with Crippen LogP contribution in [0.25, 0.3) is 0 Å². The Morgan fingerprint density at radius 3 is 2.89 bits per heavy atom. The van der Waals surface area contributed by atoms with E-state index in [2.05, 4.69) is 10.2 Å². The van der Waals surface area contributed by atoms with E-state index in [1.807, 2.05) is 0 Å². The Bertz CT molecular complexity index is 583. The van der Waals surface area contributed by atoms with Gasteiger partial charge in [-0.2, -0.15) is 0 Å². The topological polar surface area (TPSA) is 91.2 Å². The van der Waals surface area contributed by atoms with Gasteiger partial charge in [0.2, 0.25) is 5.89 Å². The van der Waals surface area contributed by atoms with Crippen LogP contribution < -0.4 is 10.5 Å². The summed E-state index contributed by atoms with van der Waals surface area (Å²) < 4.78 is 10.5. The van der Waals surface area contributed by atoms with Gasteiger partial charge in [-0.05, 0) is 18.2 Å². The summed E-state index contributed by atoms with van der Waals surface area (Å²) >= 11 is 5.78. The lowest BCUT2D eigenvalue weighted by Gasteiger charge is -2.07. The van der Waals surface area contributed by atoms with Crippen molar-refractivity contribution in [2.75, 3.05) is 0 Å². The van der Waals surface area contributed by atoms with Crippen molar-refractivity contribution in [1.29, 1.82) is 0 Å². The number of aromatic nitrogens is 2. The monoisotopic (exact) mass is 267 g/mol. The van der Waals surface area contributed by atoms with E-state index < -0.39 is 5.91 Å². The van der Waals surface area contributed by atoms with Crippen LogP contribution in [0.1, 0.15) is 22.1 Å². The maximum absolute atomic E-state index is 11.2. The molecule has 1 amide bonds. The Balaban J connectivity index is 2.16. The molecule has 2 aromatic rings. The molecule has 2 N–H and O–H groups in total. The van der Waals surface area contributed by atoms with Gasteiger partial charge in [0.25, 0.3) is 11.8 Å². The number of nitrogens with two attached hydrogens (primary N) is 1. The Morgan fingerprint density at radius 2 is 2.28 bits per heavy atom. The van der Waals surface area contributed by atoms with Crippen LogP contribution in [0.15, 0.2) is 22.6 Å². The van der Waals surface area contributed by atoms with Gasteiger partial charge in [0, 0.05) is 11.9 Å². The van der Waals surface area contributed by atoms with Crippen molar-refractivity contribution >= 4 is 17.5 Å². The van der Waals surface area contributed by atoms with Gasteiger partial charge in [-0.25, -0.2) is 0 Å². The molecular formula is C11H10ClN3O3. The van der Waals surface area contributed by atoms with E-state index in [0.717, 1.165) is 0 Å². The fraction of sp³-hybridized carbons (Fsp3) is 0.182. The number of ether oxygens (including phenoxy) is 1. The number of rotatable bonds is 4. The van der Waals surface area contributed by atoms with Crippen molar-refractivity contribution in [2.24, 2.45) is 5.73 Å². The molecule has 94 valence electrons. The number of hydrogen-bond acceptors (Lipinski definition) is 5. The van der Waals surface area contributed by atoms with Gasteiger partial charge in [0.15, 0.2) is 6.61 Å². The lowest BCUT2D eigenvalue weighted by Crippen LogP contribution is -2.13. The minimum atomic E-state index is -0.616. The van der Waals surface area contributed by atoms with Crippen molar-refractivity contribution in [3.8, 4) is 5.75 Å². The number of hydrogen-bond donors (Lipinski definition) is 1. The standard InChI is InChI=1S/C11H10ClN3O3/c1-6-14-15-10(18-6)5-17-9-3-2-7(12)4-8(9)11(13)16/h2-4H,5H2,1H3,(H2,13,16). The van der Waals surface area contributed by atoms with Crippen LogP contribution in [0.5, 0.6) is 5.75 Å². The number of amides is 1. The number of carbonyl (C=O) groups is 1. The van der Waals surface area contributed by atoms with Crippen LogP contribution in [-0.2, 0) is 6.61 Å². The number of aryl methyl sites for hydroxylation is 1. The summed E-state index contributed by atoms with van der Waals surface area (Å²) in [4.78, 5) is 11.2. The third kappa shape index (κ3) is 2.78. The summed E-state index contributed by atoms with van der Waals surface area (Å²) in [5.41, 5.74) is 5.43. The minimum absolute atomic E-state index is 0.0583. The maximum atomic E-state index is 11.2. The molecule has 0 aliphatic heterocycles. The molecule has 0 atom stereocenters. The van der Waals surface area contributed by atoms with E-state index in [9.17, 15) is 4.79 Å². The van der Waals surface area contributed by atoms with E-state index in [1.165, 1.54) is 6.07 Å². The van der Waals surface area contributed by atoms with Crippen LogP contribution in [0.4, 0.5) is 0 Å². The Hall–Kier alpha value is -2.08. The highest BCUT2D eigenvalue weighted by Crippen LogP contribution is 2.23. The van der Waals surface area contributed by atoms with E-state index in [-0.39, 0.29) is 12.2 Å². The number of primary amides is 1. The summed E-state index contributed by atoms with van der Waals surface area (Å²) in [6, 6.07) is 4.60. The third-order valence-corrected chi connectivity index (χ3v) is 2.36. The first kappa shape index (κ1) is 12.4. The predicted molar refractivity (Wildman–Crippen MR) is 63.3 cm³/mol. The number of benzene rings is 1. The zero-order chi connectivity index (χ0) is 13.1. The normalized spacial score (nSPS) is 10.3. The molecule has 18 heavy (non-hydrogen) atoms. The van der Waals surface area contributed by atoms with Crippen molar-refractivity contribution in [2.45, 2.75) is 13.5 Å². The molecular weight excluding hydrogens is 258 g/mol. The van der Waals surface area contributed by atoms with Crippen LogP contribution in [-0.4, -0.2) is 16.1 Å². The van der Waals surface area contributed by atoms with E-state index in [0.29, 0.717) is 22.6 Å². The van der Waals surface area contributed by atoms with E-state index in [4.69, 9.17) is 26.5 Å². The van der Waals surface area contributed by atoms with Crippen molar-refractivity contribution in [3.63, 3.8) is 0 Å². The molecule has 1 aromatic carbocycles. The first-order valence-corrected chi connectivity index (χ1v) is 5.45. The summed E-state index contributed by atoms with van der Waals surface area (Å²) in [6.07, 6.45) is 0. The Morgan fingerprint density at radius 1 is 1.50 bits per heavy atom. The first-order valence-electron chi connectivity index (χ1n) is 5.07. The second kappa shape index (κ2) is 5.05. The third-order valence-electron chi connectivity index (χ3n) is 2.13. The number of carbonyl (C=O) groups excluding carboxylic acids is 1. The van der Waals surface area contributed by atoms with Gasteiger partial charge in [0.05, 0.1) is 5.56 Å². The number of nitrogens with zero attached hydrogens (tertiary/aromatic N) is 2. The SMILES string of the molecule is Cc1nnc(COc2ccc(Cl)cc2C(N)=O)o1. The van der Waals surface area contributed by atoms with Crippen molar-refractivity contribution < 1.29 is 13.9 Å². The molecule has 0 aliphatic rings.